The van der Waals surface area contributed by atoms with Crippen LogP contribution in [0.2, 0.25) is 0 Å². The molecule has 0 aromatic rings. The van der Waals surface area contributed by atoms with Crippen LogP contribution >= 0.6 is 0 Å². The Morgan fingerprint density at radius 3 is 1.40 bits per heavy atom. The summed E-state index contributed by atoms with van der Waals surface area (Å²) >= 11 is 0. The fourth-order valence-electron chi connectivity index (χ4n) is 2.11. The normalized spacial score (nSPS) is 16.1. The molecule has 0 bridgehead atoms. The Kier molecular flexibility index (Phi) is 5.00. The quantitative estimate of drug-likeness (QED) is 0.659. The van der Waals surface area contributed by atoms with Crippen LogP contribution in [0.15, 0.2) is 12.4 Å². The first-order valence-corrected chi connectivity index (χ1v) is 6.27. The molecule has 2 radical (unpaired) electrons. The first-order valence-electron chi connectivity index (χ1n) is 6.27. The summed E-state index contributed by atoms with van der Waals surface area (Å²) in [7, 11) is 0. The second-order valence-electron chi connectivity index (χ2n) is 4.15. The summed E-state index contributed by atoms with van der Waals surface area (Å²) in [4.78, 5) is 4.47. The van der Waals surface area contributed by atoms with Crippen molar-refractivity contribution in [3.63, 3.8) is 0 Å². The molecule has 15 heavy (non-hydrogen) atoms. The van der Waals surface area contributed by atoms with Gasteiger partial charge in [0.2, 0.25) is 6.67 Å². The largest absolute Gasteiger partial charge is 0.343 e. The summed E-state index contributed by atoms with van der Waals surface area (Å²) < 4.78 is 0. The molecule has 0 spiro atoms. The Bertz CT molecular complexity index is 173. The van der Waals surface area contributed by atoms with Gasteiger partial charge in [-0.15, -0.1) is 0 Å². The summed E-state index contributed by atoms with van der Waals surface area (Å²) in [6, 6.07) is 1.22. The van der Waals surface area contributed by atoms with Crippen molar-refractivity contribution >= 4 is 0 Å². The lowest BCUT2D eigenvalue weighted by molar-refractivity contribution is 0.224. The van der Waals surface area contributed by atoms with Crippen LogP contribution in [0.4, 0.5) is 0 Å². The smallest absolute Gasteiger partial charge is 0.208 e. The minimum Gasteiger partial charge on any atom is -0.343 e. The second kappa shape index (κ2) is 6.04. The summed E-state index contributed by atoms with van der Waals surface area (Å²) in [6.07, 6.45) is 9.07. The van der Waals surface area contributed by atoms with E-state index in [1.54, 1.807) is 0 Å². The molecule has 0 aromatic heterocycles. The van der Waals surface area contributed by atoms with E-state index in [9.17, 15) is 0 Å². The fourth-order valence-corrected chi connectivity index (χ4v) is 2.11. The number of hydrogen-bond acceptors (Lipinski definition) is 2. The first kappa shape index (κ1) is 12.4. The molecule has 86 valence electrons. The van der Waals surface area contributed by atoms with Crippen LogP contribution in [0.5, 0.6) is 0 Å². The maximum absolute atomic E-state index is 3.45. The zero-order valence-corrected chi connectivity index (χ0v) is 10.5. The highest BCUT2D eigenvalue weighted by Crippen LogP contribution is 2.23. The van der Waals surface area contributed by atoms with Gasteiger partial charge in [-0.3, -0.25) is 0 Å². The molecular formula is C13H24N2. The van der Waals surface area contributed by atoms with E-state index in [1.807, 2.05) is 0 Å². The third-order valence-corrected chi connectivity index (χ3v) is 3.29. The fraction of sp³-hybridized carbons (Fsp3) is 0.769. The van der Waals surface area contributed by atoms with E-state index in [4.69, 9.17) is 0 Å². The average molecular weight is 208 g/mol. The van der Waals surface area contributed by atoms with Crippen molar-refractivity contribution in [2.75, 3.05) is 0 Å². The molecular weight excluding hydrogens is 184 g/mol. The van der Waals surface area contributed by atoms with Gasteiger partial charge in [-0.25, -0.2) is 0 Å². The van der Waals surface area contributed by atoms with Crippen LogP contribution in [-0.4, -0.2) is 21.9 Å². The zero-order valence-electron chi connectivity index (χ0n) is 10.5. The van der Waals surface area contributed by atoms with Crippen molar-refractivity contribution in [3.8, 4) is 0 Å². The highest BCUT2D eigenvalue weighted by Gasteiger charge is 2.23. The molecule has 0 amide bonds. The zero-order chi connectivity index (χ0) is 11.3. The van der Waals surface area contributed by atoms with Crippen molar-refractivity contribution in [1.29, 1.82) is 0 Å². The summed E-state index contributed by atoms with van der Waals surface area (Å²) in [5.41, 5.74) is 0. The molecule has 0 aliphatic carbocycles. The van der Waals surface area contributed by atoms with Crippen LogP contribution in [0, 0.1) is 6.67 Å². The van der Waals surface area contributed by atoms with Gasteiger partial charge >= 0.3 is 0 Å². The summed E-state index contributed by atoms with van der Waals surface area (Å²) in [5, 5.41) is 0. The van der Waals surface area contributed by atoms with E-state index >= 15 is 0 Å². The van der Waals surface area contributed by atoms with Crippen LogP contribution in [0.1, 0.15) is 53.4 Å². The van der Waals surface area contributed by atoms with Gasteiger partial charge in [-0.2, -0.15) is 0 Å². The lowest BCUT2D eigenvalue weighted by Crippen LogP contribution is -2.33. The van der Waals surface area contributed by atoms with Gasteiger partial charge < -0.3 is 9.80 Å². The first-order chi connectivity index (χ1) is 7.26. The average Bonchev–Trinajstić information content (AvgIpc) is 2.71. The highest BCUT2D eigenvalue weighted by atomic mass is 15.4. The van der Waals surface area contributed by atoms with Gasteiger partial charge in [-0.05, 0) is 25.7 Å². The molecule has 0 atom stereocenters. The molecule has 2 nitrogen and oxygen atoms in total. The van der Waals surface area contributed by atoms with Crippen molar-refractivity contribution in [1.82, 2.24) is 9.80 Å². The SMILES string of the molecule is CCC(CC)N1[C]N(C(CC)CC)C=C1. The third kappa shape index (κ3) is 2.90. The van der Waals surface area contributed by atoms with Crippen LogP contribution in [-0.2, 0) is 0 Å². The van der Waals surface area contributed by atoms with Gasteiger partial charge in [0, 0.05) is 24.5 Å². The molecule has 1 aliphatic rings. The van der Waals surface area contributed by atoms with E-state index in [0.29, 0.717) is 12.1 Å². The molecule has 0 saturated heterocycles. The highest BCUT2D eigenvalue weighted by molar-refractivity contribution is 5.01. The van der Waals surface area contributed by atoms with Crippen molar-refractivity contribution in [2.45, 2.75) is 65.5 Å². The van der Waals surface area contributed by atoms with Crippen molar-refractivity contribution in [2.24, 2.45) is 0 Å². The molecule has 1 heterocycles. The summed E-state index contributed by atoms with van der Waals surface area (Å²) in [6.45, 7) is 12.4. The Morgan fingerprint density at radius 1 is 0.800 bits per heavy atom. The van der Waals surface area contributed by atoms with E-state index in [1.165, 1.54) is 25.7 Å². The molecule has 1 aliphatic heterocycles. The summed E-state index contributed by atoms with van der Waals surface area (Å²) in [5.74, 6) is 0. The van der Waals surface area contributed by atoms with E-state index in [2.05, 4.69) is 56.6 Å². The van der Waals surface area contributed by atoms with Crippen LogP contribution in [0.25, 0.3) is 0 Å². The van der Waals surface area contributed by atoms with E-state index in [-0.39, 0.29) is 0 Å². The molecule has 0 saturated carbocycles. The minimum atomic E-state index is 0.612. The maximum atomic E-state index is 3.45. The molecule has 0 aromatic carbocycles. The number of rotatable bonds is 6. The Hall–Kier alpha value is -0.660. The Labute approximate surface area is 94.9 Å². The van der Waals surface area contributed by atoms with E-state index in [0.717, 1.165) is 0 Å². The predicted molar refractivity (Wildman–Crippen MR) is 64.8 cm³/mol. The molecule has 0 fully saturated rings. The van der Waals surface area contributed by atoms with Gasteiger partial charge in [0.25, 0.3) is 0 Å². The number of hydrogen-bond donors (Lipinski definition) is 0. The predicted octanol–water partition coefficient (Wildman–Crippen LogP) is 3.45. The van der Waals surface area contributed by atoms with Crippen LogP contribution in [0.3, 0.4) is 0 Å². The Balaban J connectivity index is 2.48. The van der Waals surface area contributed by atoms with Gasteiger partial charge in [0.05, 0.1) is 0 Å². The number of nitrogens with zero attached hydrogens (tertiary/aromatic N) is 2. The molecule has 0 unspecified atom stereocenters. The molecule has 2 heteroatoms. The Morgan fingerprint density at radius 2 is 1.13 bits per heavy atom. The van der Waals surface area contributed by atoms with Crippen LogP contribution < -0.4 is 0 Å². The standard InChI is InChI=1S/C13H24N2/c1-5-12(6-2)14-9-10-15(11-14)13(7-3)8-4/h9-10,12-13H,5-8H2,1-4H3. The van der Waals surface area contributed by atoms with Crippen molar-refractivity contribution < 1.29 is 0 Å². The monoisotopic (exact) mass is 208 g/mol. The maximum Gasteiger partial charge on any atom is 0.208 e. The minimum absolute atomic E-state index is 0.612. The second-order valence-corrected chi connectivity index (χ2v) is 4.15. The topological polar surface area (TPSA) is 6.48 Å². The van der Waals surface area contributed by atoms with Gasteiger partial charge in [0.15, 0.2) is 0 Å². The van der Waals surface area contributed by atoms with Gasteiger partial charge in [-0.1, -0.05) is 27.7 Å². The third-order valence-electron chi connectivity index (χ3n) is 3.29. The van der Waals surface area contributed by atoms with Gasteiger partial charge in [0.1, 0.15) is 0 Å². The van der Waals surface area contributed by atoms with Crippen molar-refractivity contribution in [3.05, 3.63) is 19.1 Å². The molecule has 1 rings (SSSR count). The lowest BCUT2D eigenvalue weighted by Gasteiger charge is -2.29. The molecule has 0 N–H and O–H groups in total. The van der Waals surface area contributed by atoms with E-state index < -0.39 is 0 Å². The lowest BCUT2D eigenvalue weighted by atomic mass is 10.1.